The lowest BCUT2D eigenvalue weighted by Crippen LogP contribution is -2.47. The fourth-order valence-corrected chi connectivity index (χ4v) is 6.42. The molecule has 0 saturated carbocycles. The second-order valence-electron chi connectivity index (χ2n) is 12.4. The topological polar surface area (TPSA) is 143 Å². The van der Waals surface area contributed by atoms with Crippen molar-refractivity contribution in [1.29, 1.82) is 0 Å². The second-order valence-corrected chi connectivity index (χ2v) is 13.3. The predicted molar refractivity (Wildman–Crippen MR) is 179 cm³/mol. The minimum atomic E-state index is -0.803. The molecule has 2 amide bonds. The fourth-order valence-electron chi connectivity index (χ4n) is 5.96. The highest BCUT2D eigenvalue weighted by atomic mass is 35.5. The summed E-state index contributed by atoms with van der Waals surface area (Å²) < 4.78 is 28.4. The molecule has 12 nitrogen and oxygen atoms in total. The SMILES string of the molecule is COc1ccc(C(=O)Nc2c(Cl)cncc2Cl)cc1OCCCN1C(=O)OC2COC(=O)[C@H](C)CCC[C@](C)(OC)CCC(=O)[C@H](C)[C@H]21. The van der Waals surface area contributed by atoms with Crippen LogP contribution in [-0.2, 0) is 23.8 Å². The van der Waals surface area contributed by atoms with Gasteiger partial charge in [-0.1, -0.05) is 37.0 Å². The highest BCUT2D eigenvalue weighted by molar-refractivity contribution is 6.39. The Morgan fingerprint density at radius 2 is 1.83 bits per heavy atom. The predicted octanol–water partition coefficient (Wildman–Crippen LogP) is 6.36. The first-order valence-electron chi connectivity index (χ1n) is 16.0. The number of fused-ring (bicyclic) bond motifs is 1. The molecule has 3 heterocycles. The van der Waals surface area contributed by atoms with Gasteiger partial charge in [-0.05, 0) is 57.2 Å². The summed E-state index contributed by atoms with van der Waals surface area (Å²) in [5, 5.41) is 3.06. The Balaban J connectivity index is 1.44. The summed E-state index contributed by atoms with van der Waals surface area (Å²) in [5.74, 6) is -1.08. The number of benzene rings is 1. The van der Waals surface area contributed by atoms with Gasteiger partial charge in [0.05, 0.1) is 47.0 Å². The van der Waals surface area contributed by atoms with Crippen molar-refractivity contribution in [2.75, 3.05) is 39.3 Å². The Labute approximate surface area is 290 Å². The zero-order chi connectivity index (χ0) is 35.0. The number of esters is 1. The molecule has 2 saturated heterocycles. The van der Waals surface area contributed by atoms with Gasteiger partial charge in [-0.3, -0.25) is 19.4 Å². The second kappa shape index (κ2) is 16.7. The summed E-state index contributed by atoms with van der Waals surface area (Å²) in [5.41, 5.74) is -0.0178. The molecule has 4 rings (SSSR count). The van der Waals surface area contributed by atoms with E-state index in [2.05, 4.69) is 10.3 Å². The first kappa shape index (κ1) is 37.2. The highest BCUT2D eigenvalue weighted by Gasteiger charge is 2.47. The van der Waals surface area contributed by atoms with Crippen LogP contribution in [0, 0.1) is 11.8 Å². The van der Waals surface area contributed by atoms with E-state index in [1.807, 2.05) is 13.8 Å². The van der Waals surface area contributed by atoms with Crippen LogP contribution in [0.1, 0.15) is 69.7 Å². The number of ketones is 1. The van der Waals surface area contributed by atoms with Crippen LogP contribution in [0.3, 0.4) is 0 Å². The number of halogens is 2. The number of pyridine rings is 1. The summed E-state index contributed by atoms with van der Waals surface area (Å²) in [6.45, 7) is 5.78. The van der Waals surface area contributed by atoms with Crippen molar-refractivity contribution in [2.45, 2.75) is 77.0 Å². The van der Waals surface area contributed by atoms with E-state index in [0.29, 0.717) is 37.2 Å². The maximum Gasteiger partial charge on any atom is 0.410 e. The molecular weight excluding hydrogens is 665 g/mol. The minimum Gasteiger partial charge on any atom is -0.493 e. The normalized spacial score (nSPS) is 25.4. The zero-order valence-electron chi connectivity index (χ0n) is 27.9. The molecule has 2 aliphatic heterocycles. The maximum atomic E-state index is 13.5. The quantitative estimate of drug-likeness (QED) is 0.231. The number of ether oxygens (including phenoxy) is 5. The number of nitrogens with zero attached hydrogens (tertiary/aromatic N) is 2. The van der Waals surface area contributed by atoms with E-state index in [-0.39, 0.29) is 65.1 Å². The van der Waals surface area contributed by atoms with Crippen LogP contribution in [0.4, 0.5) is 10.5 Å². The van der Waals surface area contributed by atoms with Crippen LogP contribution in [0.25, 0.3) is 0 Å². The summed E-state index contributed by atoms with van der Waals surface area (Å²) in [7, 11) is 3.11. The van der Waals surface area contributed by atoms with Gasteiger partial charge in [0.1, 0.15) is 12.4 Å². The zero-order valence-corrected chi connectivity index (χ0v) is 29.4. The van der Waals surface area contributed by atoms with Gasteiger partial charge in [-0.15, -0.1) is 0 Å². The van der Waals surface area contributed by atoms with Gasteiger partial charge in [0.15, 0.2) is 17.6 Å². The summed E-state index contributed by atoms with van der Waals surface area (Å²) >= 11 is 12.3. The van der Waals surface area contributed by atoms with Crippen molar-refractivity contribution in [1.82, 2.24) is 9.88 Å². The molecular formula is C34H43Cl2N3O9. The number of hydrogen-bond donors (Lipinski definition) is 1. The van der Waals surface area contributed by atoms with Gasteiger partial charge in [-0.2, -0.15) is 0 Å². The molecule has 0 bridgehead atoms. The number of carbonyl (C=O) groups is 4. The van der Waals surface area contributed by atoms with Crippen molar-refractivity contribution in [2.24, 2.45) is 11.8 Å². The minimum absolute atomic E-state index is 0.0289. The van der Waals surface area contributed by atoms with Gasteiger partial charge >= 0.3 is 12.1 Å². The largest absolute Gasteiger partial charge is 0.493 e. The molecule has 2 fully saturated rings. The standard InChI is InChI=1S/C34H43Cl2N3O9/c1-20-8-6-12-34(3,45-5)13-11-25(40)21(2)30-28(19-47-32(20)42)48-33(43)39(30)14-7-15-46-27-16-22(9-10-26(27)44-4)31(41)38-29-23(35)17-37-18-24(29)36/h9-10,16-18,20-21,28,30H,6-8,11-15,19H2,1-5H3,(H,37,38,41)/t20-,21+,28?,30-,34+/m1/s1. The van der Waals surface area contributed by atoms with Crippen LogP contribution < -0.4 is 14.8 Å². The van der Waals surface area contributed by atoms with Crippen LogP contribution in [0.5, 0.6) is 11.5 Å². The first-order chi connectivity index (χ1) is 22.9. The van der Waals surface area contributed by atoms with Crippen LogP contribution in [0.2, 0.25) is 10.0 Å². The van der Waals surface area contributed by atoms with Gasteiger partial charge in [-0.25, -0.2) is 4.79 Å². The molecule has 1 aromatic heterocycles. The van der Waals surface area contributed by atoms with Crippen molar-refractivity contribution in [3.8, 4) is 11.5 Å². The Hall–Kier alpha value is -3.61. The van der Waals surface area contributed by atoms with Crippen LogP contribution in [-0.4, -0.2) is 85.4 Å². The molecule has 2 aromatic rings. The first-order valence-corrected chi connectivity index (χ1v) is 16.8. The van der Waals surface area contributed by atoms with Gasteiger partial charge in [0, 0.05) is 44.0 Å². The maximum absolute atomic E-state index is 13.5. The molecule has 262 valence electrons. The molecule has 2 aliphatic rings. The molecule has 1 N–H and O–H groups in total. The van der Waals surface area contributed by atoms with Crippen molar-refractivity contribution in [3.63, 3.8) is 0 Å². The number of Topliss-reactive ketones (excluding diaryl/α,β-unsaturated/α-hetero) is 1. The van der Waals surface area contributed by atoms with E-state index in [1.165, 1.54) is 30.5 Å². The summed E-state index contributed by atoms with van der Waals surface area (Å²) in [6, 6.07) is 4.05. The Kier molecular flexibility index (Phi) is 12.9. The number of nitrogens with one attached hydrogen (secondary N) is 1. The van der Waals surface area contributed by atoms with Crippen molar-refractivity contribution in [3.05, 3.63) is 46.2 Å². The molecule has 5 atom stereocenters. The Bertz CT molecular complexity index is 1470. The average Bonchev–Trinajstić information content (AvgIpc) is 3.39. The lowest BCUT2D eigenvalue weighted by Gasteiger charge is -2.32. The Morgan fingerprint density at radius 1 is 1.10 bits per heavy atom. The van der Waals surface area contributed by atoms with Gasteiger partial charge in [0.2, 0.25) is 0 Å². The van der Waals surface area contributed by atoms with E-state index in [4.69, 9.17) is 46.9 Å². The number of aromatic nitrogens is 1. The van der Waals surface area contributed by atoms with E-state index in [0.717, 1.165) is 6.42 Å². The Morgan fingerprint density at radius 3 is 2.52 bits per heavy atom. The highest BCUT2D eigenvalue weighted by Crippen LogP contribution is 2.33. The van der Waals surface area contributed by atoms with Gasteiger partial charge in [0.25, 0.3) is 5.91 Å². The molecule has 1 aromatic carbocycles. The van der Waals surface area contributed by atoms with Crippen LogP contribution in [0.15, 0.2) is 30.6 Å². The lowest BCUT2D eigenvalue weighted by atomic mass is 9.85. The third kappa shape index (κ3) is 9.09. The number of anilines is 1. The van der Waals surface area contributed by atoms with Gasteiger partial charge < -0.3 is 33.9 Å². The van der Waals surface area contributed by atoms with Crippen molar-refractivity contribution >= 4 is 52.6 Å². The fraction of sp³-hybridized carbons (Fsp3) is 0.559. The number of amides is 2. The van der Waals surface area contributed by atoms with E-state index < -0.39 is 35.7 Å². The van der Waals surface area contributed by atoms with E-state index in [1.54, 1.807) is 26.2 Å². The van der Waals surface area contributed by atoms with Crippen LogP contribution >= 0.6 is 23.2 Å². The molecule has 48 heavy (non-hydrogen) atoms. The third-order valence-electron chi connectivity index (χ3n) is 9.09. The number of rotatable bonds is 9. The number of hydrogen-bond acceptors (Lipinski definition) is 10. The number of methoxy groups -OCH3 is 2. The summed E-state index contributed by atoms with van der Waals surface area (Å²) in [4.78, 5) is 57.7. The van der Waals surface area contributed by atoms with Crippen molar-refractivity contribution < 1.29 is 42.9 Å². The molecule has 14 heteroatoms. The summed E-state index contributed by atoms with van der Waals surface area (Å²) in [6.07, 6.45) is 4.57. The monoisotopic (exact) mass is 707 g/mol. The molecule has 0 radical (unpaired) electrons. The molecule has 0 aliphatic carbocycles. The number of carbonyl (C=O) groups excluding carboxylic acids is 4. The lowest BCUT2D eigenvalue weighted by molar-refractivity contribution is -0.151. The number of cyclic esters (lactones) is 1. The average molecular weight is 709 g/mol. The van der Waals surface area contributed by atoms with E-state index >= 15 is 0 Å². The molecule has 1 unspecified atom stereocenters. The third-order valence-corrected chi connectivity index (χ3v) is 9.67. The molecule has 0 spiro atoms. The smallest absolute Gasteiger partial charge is 0.410 e. The van der Waals surface area contributed by atoms with E-state index in [9.17, 15) is 19.2 Å².